The van der Waals surface area contributed by atoms with Crippen molar-refractivity contribution < 1.29 is 10.2 Å². The molecule has 0 atom stereocenters. The minimum absolute atomic E-state index is 0.272. The van der Waals surface area contributed by atoms with Gasteiger partial charge in [-0.2, -0.15) is 0 Å². The Labute approximate surface area is 107 Å². The highest BCUT2D eigenvalue weighted by atomic mass is 16.3. The second-order valence-electron chi connectivity index (χ2n) is 4.34. The maximum Gasteiger partial charge on any atom is 0.115 e. The lowest BCUT2D eigenvalue weighted by Gasteiger charge is -2.09. The Bertz CT molecular complexity index is 510. The predicted octanol–water partition coefficient (Wildman–Crippen LogP) is 4.05. The number of phenols is 2. The van der Waals surface area contributed by atoms with Crippen molar-refractivity contribution in [2.24, 2.45) is 0 Å². The predicted molar refractivity (Wildman–Crippen MR) is 74.4 cm³/mol. The molecule has 0 unspecified atom stereocenters. The number of phenolic OH excluding ortho intramolecular Hbond substituents is 2. The smallest absolute Gasteiger partial charge is 0.115 e. The van der Waals surface area contributed by atoms with Crippen LogP contribution in [0.15, 0.2) is 48.5 Å². The lowest BCUT2D eigenvalue weighted by atomic mass is 9.97. The second kappa shape index (κ2) is 4.96. The van der Waals surface area contributed by atoms with Gasteiger partial charge in [-0.15, -0.1) is 0 Å². The van der Waals surface area contributed by atoms with E-state index in [0.29, 0.717) is 0 Å². The second-order valence-corrected chi connectivity index (χ2v) is 4.34. The van der Waals surface area contributed by atoms with Gasteiger partial charge in [-0.1, -0.05) is 24.3 Å². The average Bonchev–Trinajstić information content (AvgIpc) is 2.39. The van der Waals surface area contributed by atoms with Crippen LogP contribution >= 0.6 is 0 Å². The molecule has 0 aromatic heterocycles. The average molecular weight is 240 g/mol. The molecule has 0 heterocycles. The molecular weight excluding hydrogens is 224 g/mol. The van der Waals surface area contributed by atoms with Crippen LogP contribution in [0.3, 0.4) is 0 Å². The summed E-state index contributed by atoms with van der Waals surface area (Å²) in [7, 11) is 0. The van der Waals surface area contributed by atoms with Crippen LogP contribution in [0.5, 0.6) is 11.5 Å². The van der Waals surface area contributed by atoms with Gasteiger partial charge in [0.15, 0.2) is 0 Å². The molecule has 2 rings (SSSR count). The number of benzene rings is 2. The van der Waals surface area contributed by atoms with E-state index in [2.05, 4.69) is 13.8 Å². The van der Waals surface area contributed by atoms with Crippen LogP contribution in [0.2, 0.25) is 0 Å². The Kier molecular flexibility index (Phi) is 3.38. The molecule has 2 heteroatoms. The van der Waals surface area contributed by atoms with Gasteiger partial charge < -0.3 is 10.2 Å². The molecule has 0 amide bonds. The number of hydrogen-bond donors (Lipinski definition) is 2. The minimum atomic E-state index is 0.272. The summed E-state index contributed by atoms with van der Waals surface area (Å²) >= 11 is 0. The maximum absolute atomic E-state index is 9.28. The molecule has 0 saturated carbocycles. The molecule has 0 saturated heterocycles. The van der Waals surface area contributed by atoms with Crippen LogP contribution in [0, 0.1) is 0 Å². The van der Waals surface area contributed by atoms with E-state index in [0.717, 1.165) is 22.3 Å². The molecule has 0 radical (unpaired) electrons. The minimum Gasteiger partial charge on any atom is -0.508 e. The summed E-state index contributed by atoms with van der Waals surface area (Å²) in [5.41, 5.74) is 4.47. The van der Waals surface area contributed by atoms with Crippen LogP contribution in [-0.2, 0) is 0 Å². The Morgan fingerprint density at radius 3 is 1.17 bits per heavy atom. The van der Waals surface area contributed by atoms with Crippen molar-refractivity contribution in [3.05, 3.63) is 59.7 Å². The topological polar surface area (TPSA) is 40.5 Å². The van der Waals surface area contributed by atoms with Gasteiger partial charge in [-0.3, -0.25) is 0 Å². The molecular formula is C16H16O2. The van der Waals surface area contributed by atoms with E-state index >= 15 is 0 Å². The standard InChI is InChI=1S/C16H16O2/c1-11(13-3-7-15(17)8-4-13)12(2)14-5-9-16(18)10-6-14/h3-10,17-18H,1-2H3/b12-11-. The zero-order valence-electron chi connectivity index (χ0n) is 10.5. The molecule has 2 aromatic carbocycles. The zero-order chi connectivity index (χ0) is 13.1. The van der Waals surface area contributed by atoms with Crippen LogP contribution < -0.4 is 0 Å². The monoisotopic (exact) mass is 240 g/mol. The maximum atomic E-state index is 9.28. The zero-order valence-corrected chi connectivity index (χ0v) is 10.5. The molecule has 0 aliphatic carbocycles. The summed E-state index contributed by atoms with van der Waals surface area (Å²) in [6.07, 6.45) is 0. The summed E-state index contributed by atoms with van der Waals surface area (Å²) in [5.74, 6) is 0.544. The molecule has 2 N–H and O–H groups in total. The normalized spacial score (nSPS) is 12.1. The number of hydrogen-bond acceptors (Lipinski definition) is 2. The van der Waals surface area contributed by atoms with E-state index in [1.807, 2.05) is 24.3 Å². The molecule has 92 valence electrons. The Morgan fingerprint density at radius 1 is 0.611 bits per heavy atom. The van der Waals surface area contributed by atoms with Gasteiger partial charge in [0, 0.05) is 0 Å². The van der Waals surface area contributed by atoms with Gasteiger partial charge in [0.1, 0.15) is 11.5 Å². The first-order chi connectivity index (χ1) is 8.58. The van der Waals surface area contributed by atoms with Crippen LogP contribution in [0.25, 0.3) is 11.1 Å². The van der Waals surface area contributed by atoms with E-state index in [1.54, 1.807) is 24.3 Å². The van der Waals surface area contributed by atoms with Crippen LogP contribution in [-0.4, -0.2) is 10.2 Å². The molecule has 18 heavy (non-hydrogen) atoms. The lowest BCUT2D eigenvalue weighted by molar-refractivity contribution is 0.474. The van der Waals surface area contributed by atoms with Crippen molar-refractivity contribution in [2.45, 2.75) is 13.8 Å². The quantitative estimate of drug-likeness (QED) is 0.777. The molecule has 2 nitrogen and oxygen atoms in total. The third-order valence-corrected chi connectivity index (χ3v) is 3.16. The fourth-order valence-corrected chi connectivity index (χ4v) is 1.86. The highest BCUT2D eigenvalue weighted by Crippen LogP contribution is 2.27. The van der Waals surface area contributed by atoms with Crippen molar-refractivity contribution in [2.75, 3.05) is 0 Å². The van der Waals surface area contributed by atoms with Gasteiger partial charge in [0.25, 0.3) is 0 Å². The molecule has 2 aromatic rings. The fraction of sp³-hybridized carbons (Fsp3) is 0.125. The van der Waals surface area contributed by atoms with Crippen LogP contribution in [0.1, 0.15) is 25.0 Å². The highest BCUT2D eigenvalue weighted by molar-refractivity contribution is 5.88. The summed E-state index contributed by atoms with van der Waals surface area (Å²) in [6.45, 7) is 4.10. The first-order valence-electron chi connectivity index (χ1n) is 5.84. The Morgan fingerprint density at radius 2 is 0.889 bits per heavy atom. The van der Waals surface area contributed by atoms with Crippen molar-refractivity contribution in [3.8, 4) is 11.5 Å². The van der Waals surface area contributed by atoms with Crippen molar-refractivity contribution in [1.82, 2.24) is 0 Å². The summed E-state index contributed by atoms with van der Waals surface area (Å²) in [4.78, 5) is 0. The summed E-state index contributed by atoms with van der Waals surface area (Å²) in [6, 6.07) is 14.3. The Hall–Kier alpha value is -2.22. The molecule has 0 bridgehead atoms. The van der Waals surface area contributed by atoms with Crippen molar-refractivity contribution >= 4 is 11.1 Å². The van der Waals surface area contributed by atoms with Gasteiger partial charge in [-0.25, -0.2) is 0 Å². The number of allylic oxidation sites excluding steroid dienone is 2. The van der Waals surface area contributed by atoms with E-state index < -0.39 is 0 Å². The van der Waals surface area contributed by atoms with Crippen molar-refractivity contribution in [1.29, 1.82) is 0 Å². The largest absolute Gasteiger partial charge is 0.508 e. The third-order valence-electron chi connectivity index (χ3n) is 3.16. The Balaban J connectivity index is 2.40. The van der Waals surface area contributed by atoms with Crippen molar-refractivity contribution in [3.63, 3.8) is 0 Å². The number of aromatic hydroxyl groups is 2. The van der Waals surface area contributed by atoms with Gasteiger partial charge in [-0.05, 0) is 60.4 Å². The van der Waals surface area contributed by atoms with Crippen LogP contribution in [0.4, 0.5) is 0 Å². The summed E-state index contributed by atoms with van der Waals surface area (Å²) in [5, 5.41) is 18.6. The van der Waals surface area contributed by atoms with E-state index in [1.165, 1.54) is 0 Å². The lowest BCUT2D eigenvalue weighted by Crippen LogP contribution is -1.86. The van der Waals surface area contributed by atoms with E-state index in [9.17, 15) is 10.2 Å². The highest BCUT2D eigenvalue weighted by Gasteiger charge is 2.03. The summed E-state index contributed by atoms with van der Waals surface area (Å²) < 4.78 is 0. The first-order valence-corrected chi connectivity index (χ1v) is 5.84. The van der Waals surface area contributed by atoms with E-state index in [4.69, 9.17) is 0 Å². The van der Waals surface area contributed by atoms with Gasteiger partial charge >= 0.3 is 0 Å². The van der Waals surface area contributed by atoms with E-state index in [-0.39, 0.29) is 11.5 Å². The van der Waals surface area contributed by atoms with Gasteiger partial charge in [0.05, 0.1) is 0 Å². The fourth-order valence-electron chi connectivity index (χ4n) is 1.86. The SMILES string of the molecule is C/C(=C(\C)c1ccc(O)cc1)c1ccc(O)cc1. The molecule has 0 aliphatic heterocycles. The van der Waals surface area contributed by atoms with Gasteiger partial charge in [0.2, 0.25) is 0 Å². The molecule has 0 aliphatic rings. The molecule has 0 spiro atoms. The molecule has 0 fully saturated rings. The number of rotatable bonds is 2. The third kappa shape index (κ3) is 2.54. The first kappa shape index (κ1) is 12.2.